The highest BCUT2D eigenvalue weighted by Crippen LogP contribution is 2.24. The van der Waals surface area contributed by atoms with Crippen molar-refractivity contribution in [3.05, 3.63) is 29.8 Å². The zero-order valence-corrected chi connectivity index (χ0v) is 13.9. The van der Waals surface area contributed by atoms with Crippen LogP contribution < -0.4 is 9.62 Å². The largest absolute Gasteiger partial charge is 0.352 e. The van der Waals surface area contributed by atoms with Crippen molar-refractivity contribution in [1.29, 1.82) is 0 Å². The minimum atomic E-state index is -3.84. The van der Waals surface area contributed by atoms with Gasteiger partial charge in [0.15, 0.2) is 11.6 Å². The Morgan fingerprint density at radius 2 is 1.87 bits per heavy atom. The SMILES string of the molecule is C[C@H](C(=O)NC1CCCC1)N(c1ccc(F)c(F)c1)S(C)(=O)=O. The highest BCUT2D eigenvalue weighted by atomic mass is 32.2. The van der Waals surface area contributed by atoms with Crippen molar-refractivity contribution < 1.29 is 22.0 Å². The van der Waals surface area contributed by atoms with E-state index in [9.17, 15) is 22.0 Å². The molecule has 2 rings (SSSR count). The smallest absolute Gasteiger partial charge is 0.243 e. The minimum absolute atomic E-state index is 0.0383. The molecule has 23 heavy (non-hydrogen) atoms. The normalized spacial score (nSPS) is 17.0. The third-order valence-electron chi connectivity index (χ3n) is 3.95. The lowest BCUT2D eigenvalue weighted by molar-refractivity contribution is -0.122. The van der Waals surface area contributed by atoms with E-state index in [0.29, 0.717) is 0 Å². The summed E-state index contributed by atoms with van der Waals surface area (Å²) in [5.41, 5.74) is -0.0829. The van der Waals surface area contributed by atoms with Gasteiger partial charge >= 0.3 is 0 Å². The van der Waals surface area contributed by atoms with Crippen LogP contribution in [-0.2, 0) is 14.8 Å². The van der Waals surface area contributed by atoms with Crippen molar-refractivity contribution in [1.82, 2.24) is 5.32 Å². The van der Waals surface area contributed by atoms with Gasteiger partial charge in [0, 0.05) is 12.1 Å². The van der Waals surface area contributed by atoms with E-state index in [1.807, 2.05) is 0 Å². The summed E-state index contributed by atoms with van der Waals surface area (Å²) in [6.45, 7) is 1.42. The summed E-state index contributed by atoms with van der Waals surface area (Å²) in [7, 11) is -3.84. The topological polar surface area (TPSA) is 66.5 Å². The summed E-state index contributed by atoms with van der Waals surface area (Å²) in [5.74, 6) is -2.70. The number of sulfonamides is 1. The van der Waals surface area contributed by atoms with Crippen LogP contribution in [0, 0.1) is 11.6 Å². The van der Waals surface area contributed by atoms with Gasteiger partial charge in [0.25, 0.3) is 0 Å². The predicted molar refractivity (Wildman–Crippen MR) is 83.5 cm³/mol. The van der Waals surface area contributed by atoms with Crippen molar-refractivity contribution in [2.45, 2.75) is 44.7 Å². The highest BCUT2D eigenvalue weighted by molar-refractivity contribution is 7.92. The molecule has 1 saturated carbocycles. The van der Waals surface area contributed by atoms with Crippen LogP contribution in [0.25, 0.3) is 0 Å². The van der Waals surface area contributed by atoms with Gasteiger partial charge in [0.1, 0.15) is 6.04 Å². The van der Waals surface area contributed by atoms with Gasteiger partial charge in [0.05, 0.1) is 11.9 Å². The van der Waals surface area contributed by atoms with Gasteiger partial charge in [0.2, 0.25) is 15.9 Å². The molecule has 0 radical (unpaired) electrons. The number of benzene rings is 1. The molecule has 0 aromatic heterocycles. The molecule has 0 spiro atoms. The number of amides is 1. The molecular formula is C15H20F2N2O3S. The number of nitrogens with zero attached hydrogens (tertiary/aromatic N) is 1. The van der Waals surface area contributed by atoms with Crippen LogP contribution in [0.1, 0.15) is 32.6 Å². The average molecular weight is 346 g/mol. The second-order valence-corrected chi connectivity index (χ2v) is 7.68. The Morgan fingerprint density at radius 3 is 2.39 bits per heavy atom. The van der Waals surface area contributed by atoms with E-state index in [0.717, 1.165) is 54.4 Å². The summed E-state index contributed by atoms with van der Waals surface area (Å²) < 4.78 is 51.4. The first-order valence-electron chi connectivity index (χ1n) is 7.45. The van der Waals surface area contributed by atoms with E-state index in [-0.39, 0.29) is 11.7 Å². The maximum Gasteiger partial charge on any atom is 0.243 e. The molecule has 1 amide bonds. The molecule has 0 unspecified atom stereocenters. The van der Waals surface area contributed by atoms with Gasteiger partial charge in [-0.1, -0.05) is 12.8 Å². The summed E-state index contributed by atoms with van der Waals surface area (Å²) in [6, 6.07) is 1.73. The fraction of sp³-hybridized carbons (Fsp3) is 0.533. The molecule has 1 aromatic rings. The summed E-state index contributed by atoms with van der Waals surface area (Å²) >= 11 is 0. The van der Waals surface area contributed by atoms with Crippen LogP contribution in [0.4, 0.5) is 14.5 Å². The molecule has 0 saturated heterocycles. The van der Waals surface area contributed by atoms with Crippen LogP contribution in [0.3, 0.4) is 0 Å². The third-order valence-corrected chi connectivity index (χ3v) is 5.19. The number of carbonyl (C=O) groups excluding carboxylic acids is 1. The molecule has 128 valence electrons. The fourth-order valence-electron chi connectivity index (χ4n) is 2.82. The number of anilines is 1. The van der Waals surface area contributed by atoms with Gasteiger partial charge < -0.3 is 5.32 Å². The lowest BCUT2D eigenvalue weighted by atomic mass is 10.2. The van der Waals surface area contributed by atoms with Gasteiger partial charge in [-0.2, -0.15) is 0 Å². The summed E-state index contributed by atoms with van der Waals surface area (Å²) in [6.07, 6.45) is 4.70. The maximum atomic E-state index is 13.4. The van der Waals surface area contributed by atoms with Crippen molar-refractivity contribution >= 4 is 21.6 Å². The number of rotatable bonds is 5. The predicted octanol–water partition coefficient (Wildman–Crippen LogP) is 2.18. The fourth-order valence-corrected chi connectivity index (χ4v) is 3.99. The molecule has 0 bridgehead atoms. The molecule has 0 aliphatic heterocycles. The molecular weight excluding hydrogens is 326 g/mol. The number of halogens is 2. The summed E-state index contributed by atoms with van der Waals surface area (Å²) in [4.78, 5) is 12.3. The first-order chi connectivity index (χ1) is 10.7. The van der Waals surface area contributed by atoms with E-state index in [1.54, 1.807) is 0 Å². The van der Waals surface area contributed by atoms with Gasteiger partial charge in [-0.15, -0.1) is 0 Å². The van der Waals surface area contributed by atoms with E-state index < -0.39 is 33.6 Å². The second-order valence-electron chi connectivity index (χ2n) is 5.82. The Bertz CT molecular complexity index is 688. The van der Waals surface area contributed by atoms with Crippen molar-refractivity contribution in [2.75, 3.05) is 10.6 Å². The van der Waals surface area contributed by atoms with Gasteiger partial charge in [-0.3, -0.25) is 9.10 Å². The molecule has 8 heteroatoms. The lowest BCUT2D eigenvalue weighted by Gasteiger charge is -2.29. The summed E-state index contributed by atoms with van der Waals surface area (Å²) in [5, 5.41) is 2.81. The second kappa shape index (κ2) is 6.82. The lowest BCUT2D eigenvalue weighted by Crippen LogP contribution is -2.50. The van der Waals surface area contributed by atoms with Crippen molar-refractivity contribution in [3.8, 4) is 0 Å². The van der Waals surface area contributed by atoms with Crippen molar-refractivity contribution in [2.24, 2.45) is 0 Å². The van der Waals surface area contributed by atoms with Crippen LogP contribution in [0.15, 0.2) is 18.2 Å². The molecule has 1 aromatic carbocycles. The van der Waals surface area contributed by atoms with E-state index >= 15 is 0 Å². The Kier molecular flexibility index (Phi) is 5.23. The Labute approximate surface area is 134 Å². The van der Waals surface area contributed by atoms with Crippen LogP contribution in [0.5, 0.6) is 0 Å². The van der Waals surface area contributed by atoms with Crippen LogP contribution in [-0.4, -0.2) is 32.7 Å². The van der Waals surface area contributed by atoms with Crippen LogP contribution in [0.2, 0.25) is 0 Å². The quantitative estimate of drug-likeness (QED) is 0.889. The number of hydrogen-bond acceptors (Lipinski definition) is 3. The molecule has 1 fully saturated rings. The first kappa shape index (κ1) is 17.7. The zero-order valence-electron chi connectivity index (χ0n) is 13.1. The molecule has 0 heterocycles. The number of carbonyl (C=O) groups is 1. The van der Waals surface area contributed by atoms with E-state index in [1.165, 1.54) is 6.92 Å². The molecule has 1 N–H and O–H groups in total. The standard InChI is InChI=1S/C15H20F2N2O3S/c1-10(15(20)18-11-5-3-4-6-11)19(23(2,21)22)12-7-8-13(16)14(17)9-12/h7-11H,3-6H2,1-2H3,(H,18,20)/t10-/m1/s1. The first-order valence-corrected chi connectivity index (χ1v) is 9.30. The molecule has 1 atom stereocenters. The van der Waals surface area contributed by atoms with Crippen molar-refractivity contribution in [3.63, 3.8) is 0 Å². The Morgan fingerprint density at radius 1 is 1.26 bits per heavy atom. The third kappa shape index (κ3) is 4.19. The Balaban J connectivity index is 2.27. The minimum Gasteiger partial charge on any atom is -0.352 e. The Hall–Kier alpha value is -1.70. The number of hydrogen-bond donors (Lipinski definition) is 1. The molecule has 1 aliphatic rings. The van der Waals surface area contributed by atoms with Gasteiger partial charge in [-0.05, 0) is 31.9 Å². The monoisotopic (exact) mass is 346 g/mol. The van der Waals surface area contributed by atoms with Gasteiger partial charge in [-0.25, -0.2) is 17.2 Å². The van der Waals surface area contributed by atoms with E-state index in [4.69, 9.17) is 0 Å². The number of nitrogens with one attached hydrogen (secondary N) is 1. The molecule has 5 nitrogen and oxygen atoms in total. The average Bonchev–Trinajstić information content (AvgIpc) is 2.94. The maximum absolute atomic E-state index is 13.4. The zero-order chi connectivity index (χ0) is 17.2. The van der Waals surface area contributed by atoms with Crippen LogP contribution >= 0.6 is 0 Å². The van der Waals surface area contributed by atoms with E-state index in [2.05, 4.69) is 5.32 Å². The highest BCUT2D eigenvalue weighted by Gasteiger charge is 2.31. The molecule has 1 aliphatic carbocycles.